The first kappa shape index (κ1) is 34.7. The Kier molecular flexibility index (Phi) is 12.5. The molecule has 0 aliphatic rings. The van der Waals surface area contributed by atoms with Crippen molar-refractivity contribution in [2.45, 2.75) is 105 Å². The molecular formula is C40H48N2S5. The van der Waals surface area contributed by atoms with Gasteiger partial charge in [0.2, 0.25) is 0 Å². The van der Waals surface area contributed by atoms with Crippen molar-refractivity contribution < 1.29 is 0 Å². The number of benzene rings is 1. The molecule has 7 heteroatoms. The molecule has 0 unspecified atom stereocenters. The van der Waals surface area contributed by atoms with Crippen LogP contribution in [0.3, 0.4) is 0 Å². The summed E-state index contributed by atoms with van der Waals surface area (Å²) in [4.78, 5) is 11.0. The maximum absolute atomic E-state index is 4.81. The van der Waals surface area contributed by atoms with Gasteiger partial charge in [-0.3, -0.25) is 0 Å². The minimum Gasteiger partial charge on any atom is -0.172 e. The standard InChI is InChI=1S/C40H48N2S5/c1-5-9-11-28(12-10-6-2)14-16-30-18-22-36(44-30)38-26-24-34(46-38)32-20-19-31(39-40(32)42-47-41-39)33-23-25-37(45-33)35-21-17-29(43-35)15-13-27(7-3)8-4/h17-28H,5-16H2,1-4H3. The van der Waals surface area contributed by atoms with E-state index in [4.69, 9.17) is 8.75 Å². The van der Waals surface area contributed by atoms with E-state index in [1.807, 2.05) is 45.3 Å². The summed E-state index contributed by atoms with van der Waals surface area (Å²) in [6.45, 7) is 9.27. The molecule has 0 saturated heterocycles. The van der Waals surface area contributed by atoms with Gasteiger partial charge in [0.1, 0.15) is 11.0 Å². The number of aryl methyl sites for hydroxylation is 2. The lowest BCUT2D eigenvalue weighted by atomic mass is 9.91. The highest BCUT2D eigenvalue weighted by atomic mass is 32.1. The summed E-state index contributed by atoms with van der Waals surface area (Å²) < 4.78 is 9.62. The van der Waals surface area contributed by atoms with Crippen molar-refractivity contribution in [3.8, 4) is 40.4 Å². The van der Waals surface area contributed by atoms with Crippen LogP contribution >= 0.6 is 57.1 Å². The lowest BCUT2D eigenvalue weighted by Crippen LogP contribution is -2.02. The number of fused-ring (bicyclic) bond motifs is 1. The third kappa shape index (κ3) is 8.53. The van der Waals surface area contributed by atoms with Crippen LogP contribution in [0.15, 0.2) is 60.7 Å². The zero-order chi connectivity index (χ0) is 32.6. The Morgan fingerprint density at radius 1 is 0.468 bits per heavy atom. The molecule has 0 N–H and O–H groups in total. The predicted molar refractivity (Wildman–Crippen MR) is 214 cm³/mol. The van der Waals surface area contributed by atoms with E-state index in [0.717, 1.165) is 22.9 Å². The SMILES string of the molecule is CCCCC(CCCC)CCc1ccc(-c2ccc(-c3ccc(-c4ccc(-c5ccc(CCC(CC)CC)s5)s4)c4nsnc34)s2)s1. The number of aromatic nitrogens is 2. The highest BCUT2D eigenvalue weighted by Gasteiger charge is 2.18. The second-order valence-electron chi connectivity index (χ2n) is 12.9. The molecule has 1 aromatic carbocycles. The molecule has 0 spiro atoms. The lowest BCUT2D eigenvalue weighted by molar-refractivity contribution is 0.395. The van der Waals surface area contributed by atoms with E-state index in [2.05, 4.69) is 88.4 Å². The Hall–Kier alpha value is -2.16. The molecule has 47 heavy (non-hydrogen) atoms. The second-order valence-corrected chi connectivity index (χ2v) is 17.9. The summed E-state index contributed by atoms with van der Waals surface area (Å²) in [6, 6.07) is 23.0. The van der Waals surface area contributed by atoms with Crippen LogP contribution in [-0.4, -0.2) is 8.75 Å². The molecule has 0 radical (unpaired) electrons. The minimum atomic E-state index is 0.841. The zero-order valence-electron chi connectivity index (χ0n) is 28.3. The van der Waals surface area contributed by atoms with Crippen molar-refractivity contribution in [2.75, 3.05) is 0 Å². The van der Waals surface area contributed by atoms with Crippen molar-refractivity contribution in [1.82, 2.24) is 8.75 Å². The largest absolute Gasteiger partial charge is 0.172 e. The average molecular weight is 717 g/mol. The first-order valence-corrected chi connectivity index (χ1v) is 21.7. The molecule has 0 saturated carbocycles. The summed E-state index contributed by atoms with van der Waals surface area (Å²) in [7, 11) is 0. The fraction of sp³-hybridized carbons (Fsp3) is 0.450. The monoisotopic (exact) mass is 716 g/mol. The van der Waals surface area contributed by atoms with Crippen molar-refractivity contribution in [1.29, 1.82) is 0 Å². The molecule has 5 heterocycles. The number of rotatable bonds is 18. The van der Waals surface area contributed by atoms with E-state index in [0.29, 0.717) is 0 Å². The second kappa shape index (κ2) is 17.0. The smallest absolute Gasteiger partial charge is 0.114 e. The first-order chi connectivity index (χ1) is 23.1. The molecular weight excluding hydrogens is 669 g/mol. The molecule has 5 aromatic heterocycles. The summed E-state index contributed by atoms with van der Waals surface area (Å²) in [5.74, 6) is 1.72. The molecule has 248 valence electrons. The van der Waals surface area contributed by atoms with Crippen LogP contribution in [0.4, 0.5) is 0 Å². The minimum absolute atomic E-state index is 0.841. The normalized spacial score (nSPS) is 12.0. The summed E-state index contributed by atoms with van der Waals surface area (Å²) in [6.07, 6.45) is 15.7. The average Bonchev–Trinajstić information content (AvgIpc) is 3.94. The van der Waals surface area contributed by atoms with Gasteiger partial charge in [-0.25, -0.2) is 0 Å². The van der Waals surface area contributed by atoms with Gasteiger partial charge < -0.3 is 0 Å². The predicted octanol–water partition coefficient (Wildman–Crippen LogP) is 14.9. The fourth-order valence-electron chi connectivity index (χ4n) is 6.59. The highest BCUT2D eigenvalue weighted by molar-refractivity contribution is 7.24. The van der Waals surface area contributed by atoms with E-state index in [1.54, 1.807) is 0 Å². The van der Waals surface area contributed by atoms with Gasteiger partial charge in [-0.15, -0.1) is 45.3 Å². The number of nitrogens with zero attached hydrogens (tertiary/aromatic N) is 2. The third-order valence-electron chi connectivity index (χ3n) is 9.65. The molecule has 0 atom stereocenters. The first-order valence-electron chi connectivity index (χ1n) is 17.7. The Morgan fingerprint density at radius 3 is 1.36 bits per heavy atom. The van der Waals surface area contributed by atoms with Gasteiger partial charge >= 0.3 is 0 Å². The van der Waals surface area contributed by atoms with E-state index in [1.165, 1.54) is 139 Å². The fourth-order valence-corrected chi connectivity index (χ4v) is 11.5. The van der Waals surface area contributed by atoms with Crippen LogP contribution in [0.5, 0.6) is 0 Å². The van der Waals surface area contributed by atoms with Gasteiger partial charge in [0.05, 0.1) is 11.7 Å². The van der Waals surface area contributed by atoms with E-state index < -0.39 is 0 Å². The number of thiophene rings is 4. The van der Waals surface area contributed by atoms with Gasteiger partial charge in [0.25, 0.3) is 0 Å². The third-order valence-corrected chi connectivity index (χ3v) is 15.1. The van der Waals surface area contributed by atoms with Crippen LogP contribution in [0.25, 0.3) is 51.4 Å². The van der Waals surface area contributed by atoms with E-state index in [9.17, 15) is 0 Å². The molecule has 6 rings (SSSR count). The van der Waals surface area contributed by atoms with Gasteiger partial charge in [-0.2, -0.15) is 8.75 Å². The van der Waals surface area contributed by atoms with Crippen LogP contribution < -0.4 is 0 Å². The molecule has 0 aliphatic carbocycles. The highest BCUT2D eigenvalue weighted by Crippen LogP contribution is 2.44. The maximum atomic E-state index is 4.81. The van der Waals surface area contributed by atoms with Crippen LogP contribution in [0.2, 0.25) is 0 Å². The van der Waals surface area contributed by atoms with Crippen LogP contribution in [0, 0.1) is 11.8 Å². The lowest BCUT2D eigenvalue weighted by Gasteiger charge is -2.15. The van der Waals surface area contributed by atoms with Gasteiger partial charge in [0, 0.05) is 50.1 Å². The Bertz CT molecular complexity index is 1820. The number of hydrogen-bond acceptors (Lipinski definition) is 7. The molecule has 0 bridgehead atoms. The quantitative estimate of drug-likeness (QED) is 0.0885. The molecule has 0 fully saturated rings. The van der Waals surface area contributed by atoms with Crippen molar-refractivity contribution >= 4 is 68.1 Å². The van der Waals surface area contributed by atoms with Crippen LogP contribution in [0.1, 0.15) is 102 Å². The van der Waals surface area contributed by atoms with Crippen LogP contribution in [-0.2, 0) is 12.8 Å². The molecule has 6 aromatic rings. The van der Waals surface area contributed by atoms with Crippen molar-refractivity contribution in [3.05, 3.63) is 70.4 Å². The summed E-state index contributed by atoms with van der Waals surface area (Å²) in [5, 5.41) is 0. The number of unbranched alkanes of at least 4 members (excludes halogenated alkanes) is 2. The molecule has 0 amide bonds. The Labute approximate surface area is 302 Å². The number of hydrogen-bond donors (Lipinski definition) is 0. The van der Waals surface area contributed by atoms with Gasteiger partial charge in [-0.05, 0) is 86.1 Å². The Morgan fingerprint density at radius 2 is 0.894 bits per heavy atom. The summed E-state index contributed by atoms with van der Waals surface area (Å²) in [5.41, 5.74) is 4.42. The molecule has 2 nitrogen and oxygen atoms in total. The Balaban J connectivity index is 1.15. The topological polar surface area (TPSA) is 25.8 Å². The van der Waals surface area contributed by atoms with Crippen molar-refractivity contribution in [2.24, 2.45) is 11.8 Å². The van der Waals surface area contributed by atoms with E-state index in [-0.39, 0.29) is 0 Å². The van der Waals surface area contributed by atoms with Gasteiger partial charge in [-0.1, -0.05) is 91.2 Å². The van der Waals surface area contributed by atoms with E-state index >= 15 is 0 Å². The molecule has 0 aliphatic heterocycles. The zero-order valence-corrected chi connectivity index (χ0v) is 32.4. The summed E-state index contributed by atoms with van der Waals surface area (Å²) >= 11 is 9.02. The van der Waals surface area contributed by atoms with Gasteiger partial charge in [0.15, 0.2) is 0 Å². The maximum Gasteiger partial charge on any atom is 0.114 e. The van der Waals surface area contributed by atoms with Crippen molar-refractivity contribution in [3.63, 3.8) is 0 Å².